The third kappa shape index (κ3) is 10.3. The second-order valence-electron chi connectivity index (χ2n) is 19.4. The molecule has 2 aliphatic carbocycles. The number of piperidine rings is 1. The van der Waals surface area contributed by atoms with Gasteiger partial charge in [0.05, 0.1) is 30.6 Å². The third-order valence-corrected chi connectivity index (χ3v) is 14.8. The summed E-state index contributed by atoms with van der Waals surface area (Å²) in [5.74, 6) is -1.30. The molecule has 0 spiro atoms. The Hall–Kier alpha value is -9.18. The summed E-state index contributed by atoms with van der Waals surface area (Å²) in [7, 11) is 2.87. The number of alkyl halides is 3. The number of methoxy groups -OCH3 is 1. The van der Waals surface area contributed by atoms with Crippen molar-refractivity contribution < 1.29 is 41.8 Å². The monoisotopic (exact) mass is 1050 g/mol. The zero-order valence-corrected chi connectivity index (χ0v) is 42.7. The number of nitrogens with zero attached hydrogens (tertiary/aromatic N) is 4. The van der Waals surface area contributed by atoms with E-state index in [1.54, 1.807) is 40.1 Å². The third-order valence-electron chi connectivity index (χ3n) is 14.8. The van der Waals surface area contributed by atoms with E-state index >= 15 is 0 Å². The molecular weight excluding hydrogens is 996 g/mol. The SMILES string of the molecule is CNC(=O)c1ccccc1Nc1nc(Nc2ccc(CN(C(=O)OCC3c4ccccc4-c4ccccc43)c3cccc(C4CCCN(C(=O)OCC5c6ccccc6-c6ccccc65)C4)c3)cc2OC)ncc1C(F)(F)F. The van der Waals surface area contributed by atoms with Gasteiger partial charge in [0.25, 0.3) is 5.91 Å². The molecule has 0 radical (unpaired) electrons. The molecule has 1 fully saturated rings. The molecule has 1 aromatic heterocycles. The summed E-state index contributed by atoms with van der Waals surface area (Å²) in [6.07, 6.45) is -3.55. The Labute approximate surface area is 449 Å². The fourth-order valence-corrected chi connectivity index (χ4v) is 11.0. The van der Waals surface area contributed by atoms with Gasteiger partial charge in [0.2, 0.25) is 5.95 Å². The van der Waals surface area contributed by atoms with Crippen LogP contribution in [-0.4, -0.2) is 73.4 Å². The van der Waals surface area contributed by atoms with Crippen molar-refractivity contribution in [1.29, 1.82) is 0 Å². The standard InChI is InChI=1S/C62H54F3N7O6/c1-66-58(73)50-26-11-12-27-54(50)68-57-53(62(63,64)65)33-67-59(70-57)69-55-29-28-38(31-56(55)76-2)34-72(61(75)78-37-52-48-24-9-5-20-44(48)45-21-6-10-25-49(45)52)41-17-13-15-39(32-41)40-16-14-30-71(35-40)60(74)77-36-51-46-22-7-3-18-42(46)43-19-4-8-23-47(43)51/h3-13,15,17-29,31-33,40,51-52H,14,16,30,34-37H2,1-2H3,(H,66,73)(H2,67,68,69,70). The van der Waals surface area contributed by atoms with Gasteiger partial charge in [0.15, 0.2) is 0 Å². The van der Waals surface area contributed by atoms with Crippen molar-refractivity contribution >= 4 is 46.9 Å². The van der Waals surface area contributed by atoms with Crippen LogP contribution in [0, 0.1) is 0 Å². The second kappa shape index (κ2) is 21.8. The first kappa shape index (κ1) is 51.0. The van der Waals surface area contributed by atoms with E-state index in [0.717, 1.165) is 62.9 Å². The first-order valence-corrected chi connectivity index (χ1v) is 25.7. The molecular formula is C62H54F3N7O6. The Morgan fingerprint density at radius 1 is 0.692 bits per heavy atom. The van der Waals surface area contributed by atoms with Gasteiger partial charge < -0.3 is 35.1 Å². The Morgan fingerprint density at radius 2 is 1.29 bits per heavy atom. The molecule has 1 saturated heterocycles. The minimum atomic E-state index is -4.83. The van der Waals surface area contributed by atoms with Gasteiger partial charge in [-0.15, -0.1) is 0 Å². The fraction of sp³-hybridized carbons (Fsp3) is 0.210. The van der Waals surface area contributed by atoms with Crippen molar-refractivity contribution in [3.8, 4) is 28.0 Å². The number of rotatable bonds is 14. The van der Waals surface area contributed by atoms with Crippen LogP contribution in [0.15, 0.2) is 170 Å². The van der Waals surface area contributed by atoms with Crippen LogP contribution in [0.4, 0.5) is 51.6 Å². The molecule has 16 heteroatoms. The maximum Gasteiger partial charge on any atom is 0.421 e. The van der Waals surface area contributed by atoms with E-state index in [1.165, 1.54) is 26.3 Å². The molecule has 0 saturated carbocycles. The summed E-state index contributed by atoms with van der Waals surface area (Å²) < 4.78 is 61.2. The van der Waals surface area contributed by atoms with Gasteiger partial charge in [-0.1, -0.05) is 127 Å². The van der Waals surface area contributed by atoms with Crippen LogP contribution in [-0.2, 0) is 22.2 Å². The van der Waals surface area contributed by atoms with Gasteiger partial charge in [-0.2, -0.15) is 18.2 Å². The minimum Gasteiger partial charge on any atom is -0.495 e. The lowest BCUT2D eigenvalue weighted by molar-refractivity contribution is -0.137. The number of para-hydroxylation sites is 1. The number of carbonyl (C=O) groups is 3. The van der Waals surface area contributed by atoms with Crippen LogP contribution in [0.25, 0.3) is 22.3 Å². The van der Waals surface area contributed by atoms with E-state index in [0.29, 0.717) is 36.2 Å². The molecule has 1 atom stereocenters. The Balaban J connectivity index is 0.847. The normalized spacial score (nSPS) is 14.6. The zero-order valence-electron chi connectivity index (χ0n) is 42.7. The molecule has 13 nitrogen and oxygen atoms in total. The van der Waals surface area contributed by atoms with Crippen LogP contribution in [0.2, 0.25) is 0 Å². The van der Waals surface area contributed by atoms with Crippen LogP contribution in [0.5, 0.6) is 5.75 Å². The van der Waals surface area contributed by atoms with Crippen molar-refractivity contribution in [1.82, 2.24) is 20.2 Å². The average molecular weight is 1050 g/mol. The molecule has 3 amide bonds. The summed E-state index contributed by atoms with van der Waals surface area (Å²) in [5.41, 5.74) is 10.5. The van der Waals surface area contributed by atoms with Gasteiger partial charge in [0, 0.05) is 49.8 Å². The van der Waals surface area contributed by atoms with E-state index in [1.807, 2.05) is 72.8 Å². The summed E-state index contributed by atoms with van der Waals surface area (Å²) in [4.78, 5) is 52.8. The second-order valence-corrected chi connectivity index (χ2v) is 19.4. The number of nitrogens with one attached hydrogen (secondary N) is 3. The lowest BCUT2D eigenvalue weighted by Crippen LogP contribution is -2.40. The van der Waals surface area contributed by atoms with Gasteiger partial charge in [-0.3, -0.25) is 9.69 Å². The van der Waals surface area contributed by atoms with Crippen LogP contribution in [0.1, 0.15) is 79.9 Å². The molecule has 8 aromatic rings. The minimum absolute atomic E-state index is 0.0307. The lowest BCUT2D eigenvalue weighted by atomic mass is 9.90. The quantitative estimate of drug-likeness (QED) is 0.0961. The van der Waals surface area contributed by atoms with E-state index in [-0.39, 0.29) is 66.6 Å². The lowest BCUT2D eigenvalue weighted by Gasteiger charge is -2.33. The number of hydrogen-bond acceptors (Lipinski definition) is 10. The van der Waals surface area contributed by atoms with Crippen molar-refractivity contribution in [2.24, 2.45) is 0 Å². The number of aromatic nitrogens is 2. The molecule has 78 heavy (non-hydrogen) atoms. The largest absolute Gasteiger partial charge is 0.495 e. The molecule has 3 N–H and O–H groups in total. The summed E-state index contributed by atoms with van der Waals surface area (Å²) in [5, 5.41) is 8.17. The Bertz CT molecular complexity index is 3480. The highest BCUT2D eigenvalue weighted by atomic mass is 19.4. The predicted octanol–water partition coefficient (Wildman–Crippen LogP) is 13.4. The Morgan fingerprint density at radius 3 is 1.91 bits per heavy atom. The molecule has 7 aromatic carbocycles. The van der Waals surface area contributed by atoms with Gasteiger partial charge in [0.1, 0.15) is 30.3 Å². The molecule has 2 heterocycles. The highest BCUT2D eigenvalue weighted by Gasteiger charge is 2.37. The molecule has 1 unspecified atom stereocenters. The molecule has 0 bridgehead atoms. The van der Waals surface area contributed by atoms with Gasteiger partial charge in [-0.25, -0.2) is 14.6 Å². The fourth-order valence-electron chi connectivity index (χ4n) is 11.0. The van der Waals surface area contributed by atoms with E-state index in [2.05, 4.69) is 74.4 Å². The zero-order chi connectivity index (χ0) is 53.9. The number of ether oxygens (including phenoxy) is 3. The molecule has 394 valence electrons. The van der Waals surface area contributed by atoms with Crippen molar-refractivity contribution in [2.75, 3.05) is 56.0 Å². The number of hydrogen-bond donors (Lipinski definition) is 3. The molecule has 1 aliphatic heterocycles. The number of anilines is 5. The number of carbonyl (C=O) groups excluding carboxylic acids is 3. The smallest absolute Gasteiger partial charge is 0.421 e. The van der Waals surface area contributed by atoms with Gasteiger partial charge >= 0.3 is 18.4 Å². The average Bonchev–Trinajstić information content (AvgIpc) is 4.03. The summed E-state index contributed by atoms with van der Waals surface area (Å²) in [6, 6.07) is 51.8. The van der Waals surface area contributed by atoms with E-state index in [4.69, 9.17) is 14.2 Å². The Kier molecular flexibility index (Phi) is 14.2. The number of halogens is 3. The number of likely N-dealkylation sites (tertiary alicyclic amines) is 1. The first-order chi connectivity index (χ1) is 37.9. The number of fused-ring (bicyclic) bond motifs is 6. The van der Waals surface area contributed by atoms with E-state index in [9.17, 15) is 27.6 Å². The van der Waals surface area contributed by atoms with Crippen LogP contribution >= 0.6 is 0 Å². The highest BCUT2D eigenvalue weighted by molar-refractivity contribution is 6.00. The highest BCUT2D eigenvalue weighted by Crippen LogP contribution is 2.46. The number of benzene rings is 7. The van der Waals surface area contributed by atoms with E-state index < -0.39 is 29.6 Å². The van der Waals surface area contributed by atoms with Crippen molar-refractivity contribution in [2.45, 2.75) is 43.3 Å². The topological polar surface area (TPSA) is 147 Å². The summed E-state index contributed by atoms with van der Waals surface area (Å²) >= 11 is 0. The van der Waals surface area contributed by atoms with Crippen LogP contribution in [0.3, 0.4) is 0 Å². The van der Waals surface area contributed by atoms with Gasteiger partial charge in [-0.05, 0) is 105 Å². The predicted molar refractivity (Wildman–Crippen MR) is 293 cm³/mol. The van der Waals surface area contributed by atoms with Crippen molar-refractivity contribution in [3.63, 3.8) is 0 Å². The summed E-state index contributed by atoms with van der Waals surface area (Å²) in [6.45, 7) is 1.32. The first-order valence-electron chi connectivity index (χ1n) is 25.7. The maximum absolute atomic E-state index is 14.8. The maximum atomic E-state index is 14.8. The number of amides is 3. The molecule has 11 rings (SSSR count). The molecule has 3 aliphatic rings. The van der Waals surface area contributed by atoms with Crippen molar-refractivity contribution in [3.05, 3.63) is 214 Å². The van der Waals surface area contributed by atoms with Crippen LogP contribution < -0.4 is 25.6 Å².